The predicted molar refractivity (Wildman–Crippen MR) is 368 cm³/mol. The summed E-state index contributed by atoms with van der Waals surface area (Å²) in [6, 6.07) is 4.57. The van der Waals surface area contributed by atoms with Gasteiger partial charge >= 0.3 is 53.9 Å². The molecule has 0 unspecified atom stereocenters. The largest absolute Gasteiger partial charge is 1.00 e. The summed E-state index contributed by atoms with van der Waals surface area (Å²) in [6.07, 6.45) is 10.0. The van der Waals surface area contributed by atoms with Crippen molar-refractivity contribution in [3.8, 4) is 0 Å². The maximum Gasteiger partial charge on any atom is 1.00 e. The second-order valence-electron chi connectivity index (χ2n) is 30.3. The summed E-state index contributed by atoms with van der Waals surface area (Å²) >= 11 is 0. The van der Waals surface area contributed by atoms with Crippen LogP contribution in [0.3, 0.4) is 0 Å². The van der Waals surface area contributed by atoms with Crippen molar-refractivity contribution < 1.29 is 122 Å². The van der Waals surface area contributed by atoms with Crippen LogP contribution in [-0.4, -0.2) is 178 Å². The number of fused-ring (bicyclic) bond motifs is 6. The molecule has 4 saturated carbocycles. The van der Waals surface area contributed by atoms with Gasteiger partial charge in [-0.05, 0) is 142 Å². The summed E-state index contributed by atoms with van der Waals surface area (Å²) in [4.78, 5) is 141. The van der Waals surface area contributed by atoms with Crippen molar-refractivity contribution in [3.05, 3.63) is 99.3 Å². The van der Waals surface area contributed by atoms with Crippen molar-refractivity contribution in [2.45, 2.75) is 260 Å². The topological polar surface area (TPSA) is 363 Å². The van der Waals surface area contributed by atoms with Gasteiger partial charge in [-0.2, -0.15) is 0 Å². The average Bonchev–Trinajstić information content (AvgIpc) is 1.58. The fraction of sp³-hybridized carbons (Fsp3) is 0.634. The number of allylic oxidation sites excluding steroid dienone is 2. The van der Waals surface area contributed by atoms with E-state index in [2.05, 4.69) is 30.7 Å². The van der Waals surface area contributed by atoms with Gasteiger partial charge in [-0.3, -0.25) is 38.5 Å². The number of rotatable bonds is 10. The number of halogens is 2. The van der Waals surface area contributed by atoms with Gasteiger partial charge in [0.15, 0.2) is 0 Å². The Bertz CT molecular complexity index is 3710. The minimum absolute atomic E-state index is 0. The molecule has 10 atom stereocenters. The van der Waals surface area contributed by atoms with E-state index in [-0.39, 0.29) is 115 Å². The normalized spacial score (nSPS) is 28.4. The molecular weight excluding hydrogens is 1410 g/mol. The molecule has 0 spiro atoms. The Morgan fingerprint density at radius 1 is 0.577 bits per heavy atom. The minimum atomic E-state index is -4.04. The number of benzene rings is 2. The second-order valence-corrected chi connectivity index (χ2v) is 34.2. The number of carbonyl (C=O) groups excluding carboxylic acids is 10. The molecule has 10 aliphatic rings. The molecule has 0 radical (unpaired) electrons. The number of ether oxygens (including phenoxy) is 4. The Morgan fingerprint density at radius 3 is 1.42 bits per heavy atom. The van der Waals surface area contributed by atoms with Crippen LogP contribution < -0.4 is 55.5 Å². The average molecular weight is 1500 g/mol. The van der Waals surface area contributed by atoms with Gasteiger partial charge in [0.1, 0.15) is 64.8 Å². The molecule has 2 aromatic carbocycles. The molecule has 564 valence electrons. The number of carbonyl (C=O) groups is 10. The van der Waals surface area contributed by atoms with Gasteiger partial charge in [-0.25, -0.2) is 44.8 Å². The Kier molecular flexibility index (Phi) is 25.1. The molecule has 33 heteroatoms. The zero-order valence-corrected chi connectivity index (χ0v) is 62.8. The third kappa shape index (κ3) is 19.4. The van der Waals surface area contributed by atoms with Crippen LogP contribution in [0.2, 0.25) is 0 Å². The van der Waals surface area contributed by atoms with E-state index >= 15 is 0 Å². The van der Waals surface area contributed by atoms with Crippen LogP contribution in [0.1, 0.15) is 187 Å². The monoisotopic (exact) mass is 1500 g/mol. The zero-order chi connectivity index (χ0) is 73.4. The number of hydrogen-bond donors (Lipinski definition) is 5. The van der Waals surface area contributed by atoms with Crippen LogP contribution >= 0.6 is 0 Å². The van der Waals surface area contributed by atoms with Crippen molar-refractivity contribution in [1.82, 2.24) is 45.6 Å². The SMILES string of the molecule is C.CC(C)(C)OC(=O)N[C@H]1CCCCC/C=C\[C@@H]2C[C@@]2(C(=O)NS(=O)(=O)C2CC2)NC(=O)[C@@H]2C[C@@H](OC(=O)N3Cc4cccc(F)c4C3)CN2C1=O.CC(C)(C)OC(=O)N[C@H]1CCCCC/C=C\[C@@H]2C[C@@]2(C(=O)[N-]S(=O)(=O)C2CC2)NC(=O)[C@@H]2C[C@@H](OC(=O)N3Cc4cccc(F)c4C3)CN2C1=O.[Na+]. The molecule has 6 fully saturated rings. The quantitative estimate of drug-likeness (QED) is 0.122. The zero-order valence-electron chi connectivity index (χ0n) is 59.2. The molecule has 2 aromatic rings. The minimum Gasteiger partial charge on any atom is -0.544 e. The first-order valence-electron chi connectivity index (χ1n) is 35.2. The molecule has 6 heterocycles. The van der Waals surface area contributed by atoms with E-state index in [0.717, 1.165) is 19.3 Å². The smallest absolute Gasteiger partial charge is 0.544 e. The van der Waals surface area contributed by atoms with E-state index in [4.69, 9.17) is 18.9 Å². The first-order chi connectivity index (χ1) is 48.1. The van der Waals surface area contributed by atoms with E-state index < -0.39 is 172 Å². The van der Waals surface area contributed by atoms with Gasteiger partial charge in [0.05, 0.1) is 52.9 Å². The maximum atomic E-state index is 14.4. The molecule has 10 amide bonds. The fourth-order valence-corrected chi connectivity index (χ4v) is 16.6. The number of nitrogens with zero attached hydrogens (tertiary/aromatic N) is 5. The van der Waals surface area contributed by atoms with E-state index in [0.29, 0.717) is 80.0 Å². The molecule has 104 heavy (non-hydrogen) atoms. The number of alkyl carbamates (subject to hydrolysis) is 2. The van der Waals surface area contributed by atoms with Gasteiger partial charge in [0.2, 0.25) is 33.7 Å². The molecule has 0 bridgehead atoms. The van der Waals surface area contributed by atoms with Crippen LogP contribution in [-0.2, 0) is 93.9 Å². The van der Waals surface area contributed by atoms with Gasteiger partial charge in [0, 0.05) is 54.1 Å². The molecule has 4 aliphatic carbocycles. The van der Waals surface area contributed by atoms with Gasteiger partial charge in [-0.1, -0.05) is 81.7 Å². The number of nitrogens with one attached hydrogen (secondary N) is 5. The summed E-state index contributed by atoms with van der Waals surface area (Å²) in [5, 5.41) is 9.48. The Balaban J connectivity index is 0.000000237. The van der Waals surface area contributed by atoms with Gasteiger partial charge in [-0.15, -0.1) is 0 Å². The first-order valence-corrected chi connectivity index (χ1v) is 38.3. The molecule has 5 N–H and O–H groups in total. The standard InChI is InChI=1S/2C35H46FN5O9S.CH4.Na/c2*1-34(2,3)50-32(45)37-27-13-8-6-4-5-7-11-22-17-35(22,31(44)39-51(47,48)24-14-15-24)38-29(42)28-16-23(19-41(28)30(27)43)49-33(46)40-18-21-10-9-12-26(36)25(21)20-40;;/h7,9-12,22-24,27-28H,4-6,8,13-20H2,1-3H3,(H,37,45)(H,38,42)(H,39,44);7,9-12,22-24,27-28H,4-6,8,13-20H2,1-3H3,(H3,37,38,39,42,44,45);1H4;/q;;;+1/p-1/b2*11-7-;;/t2*22-,23-,27+,28+,35-;;/m11../s1. The van der Waals surface area contributed by atoms with E-state index in [1.807, 2.05) is 18.2 Å². The number of sulfonamides is 2. The Labute approximate surface area is 627 Å². The third-order valence-corrected chi connectivity index (χ3v) is 23.5. The predicted octanol–water partition coefficient (Wildman–Crippen LogP) is 4.71. The van der Waals surface area contributed by atoms with Crippen LogP contribution in [0.25, 0.3) is 4.72 Å². The molecule has 6 aliphatic heterocycles. The summed E-state index contributed by atoms with van der Waals surface area (Å²) in [7, 11) is -7.96. The second kappa shape index (κ2) is 32.3. The van der Waals surface area contributed by atoms with Gasteiger partial charge in [0.25, 0.3) is 5.91 Å². The van der Waals surface area contributed by atoms with Crippen LogP contribution in [0.4, 0.5) is 28.0 Å². The summed E-state index contributed by atoms with van der Waals surface area (Å²) in [5.74, 6) is -6.32. The molecule has 2 saturated heterocycles. The third-order valence-electron chi connectivity index (χ3n) is 19.9. The van der Waals surface area contributed by atoms with Crippen molar-refractivity contribution in [1.29, 1.82) is 0 Å². The number of amides is 10. The Hall–Kier alpha value is -7.42. The van der Waals surface area contributed by atoms with E-state index in [9.17, 15) is 73.6 Å². The van der Waals surface area contributed by atoms with Crippen molar-refractivity contribution >= 4 is 79.9 Å². The van der Waals surface area contributed by atoms with Crippen molar-refractivity contribution in [2.75, 3.05) is 13.1 Å². The van der Waals surface area contributed by atoms with Crippen molar-refractivity contribution in [2.24, 2.45) is 11.8 Å². The number of hydrogen-bond acceptors (Lipinski definition) is 18. The molecule has 12 rings (SSSR count). The van der Waals surface area contributed by atoms with Crippen LogP contribution in [0, 0.1) is 23.5 Å². The van der Waals surface area contributed by atoms with E-state index in [1.54, 1.807) is 71.9 Å². The van der Waals surface area contributed by atoms with Gasteiger partial charge < -0.3 is 59.5 Å². The molecule has 0 aromatic heterocycles. The van der Waals surface area contributed by atoms with Crippen molar-refractivity contribution in [3.63, 3.8) is 0 Å². The summed E-state index contributed by atoms with van der Waals surface area (Å²) < 4.78 is 108. The first kappa shape index (κ1) is 80.7. The molecule has 28 nitrogen and oxygen atoms in total. The van der Waals surface area contributed by atoms with Crippen LogP contribution in [0.5, 0.6) is 0 Å². The fourth-order valence-electron chi connectivity index (χ4n) is 14.0. The summed E-state index contributed by atoms with van der Waals surface area (Å²) in [6.45, 7) is 10.0. The van der Waals surface area contributed by atoms with Crippen LogP contribution in [0.15, 0.2) is 60.7 Å². The molecular formula is C71H95F2N10NaO18S2. The van der Waals surface area contributed by atoms with E-state index in [1.165, 1.54) is 31.7 Å². The maximum absolute atomic E-state index is 14.4. The Morgan fingerprint density at radius 2 is 1.00 bits per heavy atom. The summed E-state index contributed by atoms with van der Waals surface area (Å²) in [5.41, 5.74) is -2.78.